The zero-order chi connectivity index (χ0) is 13.2. The van der Waals surface area contributed by atoms with E-state index in [0.29, 0.717) is 18.0 Å². The third-order valence-corrected chi connectivity index (χ3v) is 2.41. The highest BCUT2D eigenvalue weighted by molar-refractivity contribution is 5.85. The van der Waals surface area contributed by atoms with Gasteiger partial charge in [-0.3, -0.25) is 0 Å². The van der Waals surface area contributed by atoms with Crippen molar-refractivity contribution >= 4 is 12.4 Å². The van der Waals surface area contributed by atoms with Crippen molar-refractivity contribution in [1.82, 2.24) is 5.32 Å². The Morgan fingerprint density at radius 3 is 2.84 bits per heavy atom. The van der Waals surface area contributed by atoms with Gasteiger partial charge in [0.15, 0.2) is 11.5 Å². The Labute approximate surface area is 120 Å². The molecule has 4 nitrogen and oxygen atoms in total. The van der Waals surface area contributed by atoms with Crippen LogP contribution in [0.15, 0.2) is 18.2 Å². The van der Waals surface area contributed by atoms with Crippen LogP contribution in [-0.2, 0) is 6.54 Å². The van der Waals surface area contributed by atoms with Crippen LogP contribution in [-0.4, -0.2) is 32.0 Å². The van der Waals surface area contributed by atoms with E-state index in [4.69, 9.17) is 21.0 Å². The Hall–Kier alpha value is -1.41. The van der Waals surface area contributed by atoms with Gasteiger partial charge in [-0.25, -0.2) is 0 Å². The van der Waals surface area contributed by atoms with Gasteiger partial charge in [-0.1, -0.05) is 18.1 Å². The molecule has 106 valence electrons. The lowest BCUT2D eigenvalue weighted by Crippen LogP contribution is -2.16. The highest BCUT2D eigenvalue weighted by Gasteiger charge is 2.09. The van der Waals surface area contributed by atoms with Crippen molar-refractivity contribution in [3.63, 3.8) is 0 Å². The van der Waals surface area contributed by atoms with Crippen molar-refractivity contribution in [2.75, 3.05) is 26.9 Å². The molecule has 1 aromatic rings. The Morgan fingerprint density at radius 1 is 1.42 bits per heavy atom. The second kappa shape index (κ2) is 10.5. The Kier molecular flexibility index (Phi) is 9.73. The first-order chi connectivity index (χ1) is 8.83. The number of hydrogen-bond acceptors (Lipinski definition) is 4. The minimum atomic E-state index is 0. The molecule has 0 saturated carbocycles. The number of ether oxygens (including phenoxy) is 2. The van der Waals surface area contributed by atoms with Crippen molar-refractivity contribution < 1.29 is 14.6 Å². The number of aliphatic hydroxyl groups excluding tert-OH is 1. The van der Waals surface area contributed by atoms with Crippen molar-refractivity contribution in [1.29, 1.82) is 0 Å². The van der Waals surface area contributed by atoms with Gasteiger partial charge in [-0.15, -0.1) is 18.8 Å². The second-order valence-corrected chi connectivity index (χ2v) is 3.70. The topological polar surface area (TPSA) is 50.7 Å². The lowest BCUT2D eigenvalue weighted by Gasteiger charge is -2.14. The summed E-state index contributed by atoms with van der Waals surface area (Å²) in [5.74, 6) is 3.79. The number of halogens is 1. The summed E-state index contributed by atoms with van der Waals surface area (Å²) in [7, 11) is 1.60. The van der Waals surface area contributed by atoms with Crippen LogP contribution in [0.4, 0.5) is 0 Å². The second-order valence-electron chi connectivity index (χ2n) is 3.70. The summed E-state index contributed by atoms with van der Waals surface area (Å²) < 4.78 is 10.8. The molecular weight excluding hydrogens is 266 g/mol. The molecule has 0 saturated heterocycles. The summed E-state index contributed by atoms with van der Waals surface area (Å²) in [6, 6.07) is 5.70. The van der Waals surface area contributed by atoms with Gasteiger partial charge in [0, 0.05) is 18.7 Å². The Bertz CT molecular complexity index is 404. The Balaban J connectivity index is 0.00000324. The van der Waals surface area contributed by atoms with E-state index in [1.807, 2.05) is 18.2 Å². The number of hydrogen-bond donors (Lipinski definition) is 2. The maximum Gasteiger partial charge on any atom is 0.167 e. The van der Waals surface area contributed by atoms with E-state index in [9.17, 15) is 0 Å². The third kappa shape index (κ3) is 5.84. The van der Waals surface area contributed by atoms with E-state index >= 15 is 0 Å². The minimum Gasteiger partial charge on any atom is -0.493 e. The monoisotopic (exact) mass is 285 g/mol. The molecule has 0 aliphatic heterocycles. The fourth-order valence-corrected chi connectivity index (χ4v) is 1.57. The van der Waals surface area contributed by atoms with Gasteiger partial charge in [-0.05, 0) is 19.0 Å². The van der Waals surface area contributed by atoms with Gasteiger partial charge in [0.25, 0.3) is 0 Å². The normalized spacial score (nSPS) is 9.32. The van der Waals surface area contributed by atoms with Crippen LogP contribution in [0.3, 0.4) is 0 Å². The first-order valence-electron chi connectivity index (χ1n) is 5.87. The molecule has 0 spiro atoms. The average Bonchev–Trinajstić information content (AvgIpc) is 2.41. The fourth-order valence-electron chi connectivity index (χ4n) is 1.57. The Morgan fingerprint density at radius 2 is 2.21 bits per heavy atom. The van der Waals surface area contributed by atoms with Gasteiger partial charge in [0.05, 0.1) is 7.11 Å². The van der Waals surface area contributed by atoms with Gasteiger partial charge in [0.1, 0.15) is 6.61 Å². The zero-order valence-electron chi connectivity index (χ0n) is 11.0. The summed E-state index contributed by atoms with van der Waals surface area (Å²) in [6.45, 7) is 1.80. The SMILES string of the molecule is C#CCOc1c(CNCCCO)cccc1OC.Cl. The standard InChI is InChI=1S/C14H19NO3.ClH/c1-3-10-18-14-12(11-15-8-5-9-16)6-4-7-13(14)17-2;/h1,4,6-7,15-16H,5,8-11H2,2H3;1H. The molecule has 0 aliphatic rings. The van der Waals surface area contributed by atoms with Crippen LogP contribution < -0.4 is 14.8 Å². The van der Waals surface area contributed by atoms with Crippen molar-refractivity contribution in [2.24, 2.45) is 0 Å². The van der Waals surface area contributed by atoms with E-state index in [1.165, 1.54) is 0 Å². The maximum atomic E-state index is 8.71. The molecule has 1 aromatic carbocycles. The highest BCUT2D eigenvalue weighted by atomic mass is 35.5. The van der Waals surface area contributed by atoms with Gasteiger partial charge >= 0.3 is 0 Å². The summed E-state index contributed by atoms with van der Waals surface area (Å²) in [4.78, 5) is 0. The summed E-state index contributed by atoms with van der Waals surface area (Å²) in [5.41, 5.74) is 0.988. The van der Waals surface area contributed by atoms with Gasteiger partial charge in [-0.2, -0.15) is 0 Å². The molecule has 2 N–H and O–H groups in total. The van der Waals surface area contributed by atoms with Crippen molar-refractivity contribution in [3.8, 4) is 23.8 Å². The lowest BCUT2D eigenvalue weighted by molar-refractivity contribution is 0.285. The molecule has 0 fully saturated rings. The smallest absolute Gasteiger partial charge is 0.167 e. The number of terminal acetylenes is 1. The molecule has 0 radical (unpaired) electrons. The van der Waals surface area contributed by atoms with E-state index in [-0.39, 0.29) is 25.6 Å². The van der Waals surface area contributed by atoms with Gasteiger partial charge < -0.3 is 19.9 Å². The molecule has 0 atom stereocenters. The first kappa shape index (κ1) is 17.6. The molecule has 1 rings (SSSR count). The zero-order valence-corrected chi connectivity index (χ0v) is 11.8. The van der Waals surface area contributed by atoms with E-state index in [2.05, 4.69) is 11.2 Å². The molecule has 19 heavy (non-hydrogen) atoms. The van der Waals surface area contributed by atoms with Gasteiger partial charge in [0.2, 0.25) is 0 Å². The quantitative estimate of drug-likeness (QED) is 0.563. The van der Waals surface area contributed by atoms with Crippen LogP contribution in [0.25, 0.3) is 0 Å². The largest absolute Gasteiger partial charge is 0.493 e. The summed E-state index contributed by atoms with van der Waals surface area (Å²) in [5, 5.41) is 11.9. The molecule has 0 aromatic heterocycles. The number of benzene rings is 1. The molecule has 0 heterocycles. The number of methoxy groups -OCH3 is 1. The molecule has 0 unspecified atom stereocenters. The van der Waals surface area contributed by atoms with E-state index in [0.717, 1.165) is 18.5 Å². The van der Waals surface area contributed by atoms with E-state index < -0.39 is 0 Å². The number of nitrogens with one attached hydrogen (secondary N) is 1. The average molecular weight is 286 g/mol. The van der Waals surface area contributed by atoms with Crippen LogP contribution in [0.5, 0.6) is 11.5 Å². The van der Waals surface area contributed by atoms with Crippen LogP contribution in [0, 0.1) is 12.3 Å². The maximum absolute atomic E-state index is 8.71. The predicted molar refractivity (Wildman–Crippen MR) is 78.0 cm³/mol. The third-order valence-electron chi connectivity index (χ3n) is 2.41. The first-order valence-corrected chi connectivity index (χ1v) is 5.87. The molecule has 5 heteroatoms. The molecule has 0 amide bonds. The van der Waals surface area contributed by atoms with Crippen LogP contribution >= 0.6 is 12.4 Å². The lowest BCUT2D eigenvalue weighted by atomic mass is 10.2. The number of para-hydroxylation sites is 1. The summed E-state index contributed by atoms with van der Waals surface area (Å²) >= 11 is 0. The predicted octanol–water partition coefficient (Wildman–Crippen LogP) is 1.60. The van der Waals surface area contributed by atoms with Crippen LogP contribution in [0.1, 0.15) is 12.0 Å². The van der Waals surface area contributed by atoms with Crippen molar-refractivity contribution in [2.45, 2.75) is 13.0 Å². The highest BCUT2D eigenvalue weighted by Crippen LogP contribution is 2.30. The fraction of sp³-hybridized carbons (Fsp3) is 0.429. The molecule has 0 aliphatic carbocycles. The molecular formula is C14H20ClNO3. The summed E-state index contributed by atoms with van der Waals surface area (Å²) in [6.07, 6.45) is 5.93. The minimum absolute atomic E-state index is 0. The number of rotatable bonds is 8. The van der Waals surface area contributed by atoms with Crippen molar-refractivity contribution in [3.05, 3.63) is 23.8 Å². The number of aliphatic hydroxyl groups is 1. The molecule has 0 bridgehead atoms. The van der Waals surface area contributed by atoms with E-state index in [1.54, 1.807) is 7.11 Å². The van der Waals surface area contributed by atoms with Crippen LogP contribution in [0.2, 0.25) is 0 Å².